The van der Waals surface area contributed by atoms with Crippen molar-refractivity contribution in [2.24, 2.45) is 0 Å². The van der Waals surface area contributed by atoms with E-state index in [1.165, 1.54) is 5.56 Å². The van der Waals surface area contributed by atoms with E-state index in [-0.39, 0.29) is 0 Å². The van der Waals surface area contributed by atoms with E-state index in [0.717, 1.165) is 31.1 Å². The Bertz CT molecular complexity index is 248. The van der Waals surface area contributed by atoms with Crippen LogP contribution < -0.4 is 0 Å². The fraction of sp³-hybridized carbons (Fsp3) is 0.455. The number of benzene rings is 1. The average Bonchev–Trinajstić information content (AvgIpc) is 2.15. The summed E-state index contributed by atoms with van der Waals surface area (Å²) >= 11 is 5.98. The third-order valence-electron chi connectivity index (χ3n) is 1.82. The summed E-state index contributed by atoms with van der Waals surface area (Å²) in [6.45, 7) is 3.71. The van der Waals surface area contributed by atoms with Crippen LogP contribution in [0.5, 0.6) is 0 Å². The molecule has 0 spiro atoms. The highest BCUT2D eigenvalue weighted by Crippen LogP contribution is 2.15. The molecular weight excluding hydrogens is 184 g/mol. The molecule has 0 amide bonds. The van der Waals surface area contributed by atoms with Crippen LogP contribution in [0.1, 0.15) is 18.9 Å². The molecule has 1 nitrogen and oxygen atoms in total. The number of hydrogen-bond donors (Lipinski definition) is 0. The quantitative estimate of drug-likeness (QED) is 0.660. The van der Waals surface area contributed by atoms with Crippen molar-refractivity contribution in [3.8, 4) is 0 Å². The van der Waals surface area contributed by atoms with Crippen LogP contribution in [-0.2, 0) is 11.2 Å². The summed E-state index contributed by atoms with van der Waals surface area (Å²) < 4.78 is 5.38. The fourth-order valence-electron chi connectivity index (χ4n) is 1.13. The van der Waals surface area contributed by atoms with Crippen LogP contribution in [0.4, 0.5) is 0 Å². The van der Waals surface area contributed by atoms with Gasteiger partial charge < -0.3 is 4.74 Å². The maximum absolute atomic E-state index is 5.98. The second kappa shape index (κ2) is 6.01. The van der Waals surface area contributed by atoms with Gasteiger partial charge in [0.2, 0.25) is 0 Å². The lowest BCUT2D eigenvalue weighted by molar-refractivity contribution is 0.138. The van der Waals surface area contributed by atoms with E-state index in [4.69, 9.17) is 16.3 Å². The molecule has 1 aromatic carbocycles. The van der Waals surface area contributed by atoms with Crippen LogP contribution in [0.3, 0.4) is 0 Å². The first-order valence-corrected chi connectivity index (χ1v) is 5.03. The van der Waals surface area contributed by atoms with Crippen molar-refractivity contribution >= 4 is 11.6 Å². The molecule has 1 aromatic rings. The molecule has 2 heteroatoms. The second-order valence-electron chi connectivity index (χ2n) is 2.95. The van der Waals surface area contributed by atoms with E-state index in [1.807, 2.05) is 24.3 Å². The van der Waals surface area contributed by atoms with Gasteiger partial charge in [-0.25, -0.2) is 0 Å². The van der Waals surface area contributed by atoms with Crippen molar-refractivity contribution in [3.63, 3.8) is 0 Å². The standard InChI is InChI=1S/C11H15ClO/c1-2-8-13-9-7-10-5-3-4-6-11(10)12/h3-6H,2,7-9H2,1H3. The molecule has 0 bridgehead atoms. The van der Waals surface area contributed by atoms with Crippen LogP contribution >= 0.6 is 11.6 Å². The summed E-state index contributed by atoms with van der Waals surface area (Å²) in [4.78, 5) is 0. The van der Waals surface area contributed by atoms with Gasteiger partial charge in [0.15, 0.2) is 0 Å². The van der Waals surface area contributed by atoms with Gasteiger partial charge in [0.05, 0.1) is 6.61 Å². The number of halogens is 1. The summed E-state index contributed by atoms with van der Waals surface area (Å²) in [5.74, 6) is 0. The number of rotatable bonds is 5. The van der Waals surface area contributed by atoms with E-state index in [0.29, 0.717) is 0 Å². The molecule has 0 aliphatic heterocycles. The van der Waals surface area contributed by atoms with Crippen LogP contribution in [0, 0.1) is 0 Å². The molecular formula is C11H15ClO. The molecule has 0 aliphatic carbocycles. The Hall–Kier alpha value is -0.530. The Labute approximate surface area is 84.7 Å². The van der Waals surface area contributed by atoms with Gasteiger partial charge in [-0.05, 0) is 24.5 Å². The van der Waals surface area contributed by atoms with Crippen LogP contribution in [0.15, 0.2) is 24.3 Å². The summed E-state index contributed by atoms with van der Waals surface area (Å²) in [6, 6.07) is 7.90. The van der Waals surface area contributed by atoms with Crippen LogP contribution in [0.2, 0.25) is 5.02 Å². The van der Waals surface area contributed by atoms with E-state index in [1.54, 1.807) is 0 Å². The highest BCUT2D eigenvalue weighted by Gasteiger charge is 1.97. The largest absolute Gasteiger partial charge is 0.381 e. The lowest BCUT2D eigenvalue weighted by Crippen LogP contribution is -1.99. The van der Waals surface area contributed by atoms with E-state index in [9.17, 15) is 0 Å². The fourth-order valence-corrected chi connectivity index (χ4v) is 1.36. The Morgan fingerprint density at radius 3 is 2.69 bits per heavy atom. The summed E-state index contributed by atoms with van der Waals surface area (Å²) in [6.07, 6.45) is 1.97. The summed E-state index contributed by atoms with van der Waals surface area (Å²) in [5, 5.41) is 0.836. The van der Waals surface area contributed by atoms with Gasteiger partial charge in [0.1, 0.15) is 0 Å². The predicted molar refractivity (Wildman–Crippen MR) is 56.3 cm³/mol. The first kappa shape index (κ1) is 10.6. The van der Waals surface area contributed by atoms with Crippen molar-refractivity contribution < 1.29 is 4.74 Å². The molecule has 0 saturated carbocycles. The summed E-state index contributed by atoms with van der Waals surface area (Å²) in [5.41, 5.74) is 1.17. The van der Waals surface area contributed by atoms with Crippen LogP contribution in [0.25, 0.3) is 0 Å². The third-order valence-corrected chi connectivity index (χ3v) is 2.19. The monoisotopic (exact) mass is 198 g/mol. The molecule has 13 heavy (non-hydrogen) atoms. The first-order valence-electron chi connectivity index (χ1n) is 4.65. The zero-order chi connectivity index (χ0) is 9.52. The maximum Gasteiger partial charge on any atom is 0.0506 e. The minimum atomic E-state index is 0.761. The minimum Gasteiger partial charge on any atom is -0.381 e. The average molecular weight is 199 g/mol. The lowest BCUT2D eigenvalue weighted by Gasteiger charge is -2.04. The van der Waals surface area contributed by atoms with Crippen molar-refractivity contribution in [2.45, 2.75) is 19.8 Å². The highest BCUT2D eigenvalue weighted by molar-refractivity contribution is 6.31. The Morgan fingerprint density at radius 2 is 2.00 bits per heavy atom. The predicted octanol–water partition coefficient (Wildman–Crippen LogP) is 3.31. The molecule has 0 unspecified atom stereocenters. The molecule has 0 radical (unpaired) electrons. The van der Waals surface area contributed by atoms with Gasteiger partial charge in [-0.1, -0.05) is 36.7 Å². The van der Waals surface area contributed by atoms with Gasteiger partial charge in [0.25, 0.3) is 0 Å². The number of ether oxygens (including phenoxy) is 1. The molecule has 0 N–H and O–H groups in total. The van der Waals surface area contributed by atoms with E-state index in [2.05, 4.69) is 6.92 Å². The third kappa shape index (κ3) is 3.79. The van der Waals surface area contributed by atoms with Gasteiger partial charge in [-0.15, -0.1) is 0 Å². The SMILES string of the molecule is CCCOCCc1ccccc1Cl. The molecule has 0 aliphatic rings. The first-order chi connectivity index (χ1) is 6.34. The topological polar surface area (TPSA) is 9.23 Å². The second-order valence-corrected chi connectivity index (χ2v) is 3.36. The zero-order valence-corrected chi connectivity index (χ0v) is 8.68. The molecule has 0 saturated heterocycles. The lowest BCUT2D eigenvalue weighted by atomic mass is 10.2. The van der Waals surface area contributed by atoms with Crippen molar-refractivity contribution in [2.75, 3.05) is 13.2 Å². The Balaban J connectivity index is 2.32. The molecule has 72 valence electrons. The Morgan fingerprint density at radius 1 is 1.23 bits per heavy atom. The molecule has 0 atom stereocenters. The maximum atomic E-state index is 5.98. The molecule has 1 rings (SSSR count). The van der Waals surface area contributed by atoms with Gasteiger partial charge >= 0.3 is 0 Å². The normalized spacial score (nSPS) is 10.3. The van der Waals surface area contributed by atoms with E-state index < -0.39 is 0 Å². The molecule has 0 fully saturated rings. The van der Waals surface area contributed by atoms with Gasteiger partial charge in [-0.2, -0.15) is 0 Å². The van der Waals surface area contributed by atoms with Crippen molar-refractivity contribution in [1.29, 1.82) is 0 Å². The van der Waals surface area contributed by atoms with Crippen LogP contribution in [-0.4, -0.2) is 13.2 Å². The minimum absolute atomic E-state index is 0.761. The zero-order valence-electron chi connectivity index (χ0n) is 7.92. The molecule has 0 aromatic heterocycles. The van der Waals surface area contributed by atoms with Gasteiger partial charge in [-0.3, -0.25) is 0 Å². The summed E-state index contributed by atoms with van der Waals surface area (Å²) in [7, 11) is 0. The van der Waals surface area contributed by atoms with Gasteiger partial charge in [0, 0.05) is 11.6 Å². The van der Waals surface area contributed by atoms with Crippen molar-refractivity contribution in [1.82, 2.24) is 0 Å². The molecule has 0 heterocycles. The smallest absolute Gasteiger partial charge is 0.0506 e. The number of hydrogen-bond acceptors (Lipinski definition) is 1. The Kier molecular flexibility index (Phi) is 4.87. The van der Waals surface area contributed by atoms with Crippen molar-refractivity contribution in [3.05, 3.63) is 34.9 Å². The highest BCUT2D eigenvalue weighted by atomic mass is 35.5. The van der Waals surface area contributed by atoms with E-state index >= 15 is 0 Å².